The minimum Gasteiger partial charge on any atom is -0.507 e. The smallest absolute Gasteiger partial charge is 0.295 e. The highest BCUT2D eigenvalue weighted by molar-refractivity contribution is 6.46. The van der Waals surface area contributed by atoms with Crippen LogP contribution in [0.25, 0.3) is 16.7 Å². The van der Waals surface area contributed by atoms with Gasteiger partial charge in [-0.1, -0.05) is 29.8 Å². The molecule has 1 aliphatic rings. The van der Waals surface area contributed by atoms with Gasteiger partial charge in [0.25, 0.3) is 11.7 Å². The van der Waals surface area contributed by atoms with Gasteiger partial charge in [0.15, 0.2) is 0 Å². The molecule has 6 nitrogen and oxygen atoms in total. The number of Topliss-reactive ketones (excluding diaryl/α,β-unsaturated/α-hetero) is 1. The van der Waals surface area contributed by atoms with Crippen molar-refractivity contribution in [2.24, 2.45) is 0 Å². The number of aliphatic hydroxyl groups excluding tert-OH is 1. The van der Waals surface area contributed by atoms with Gasteiger partial charge in [0.1, 0.15) is 5.76 Å². The van der Waals surface area contributed by atoms with Crippen molar-refractivity contribution < 1.29 is 19.4 Å². The molecule has 4 rings (SSSR count). The van der Waals surface area contributed by atoms with Crippen LogP contribution in [0.2, 0.25) is 5.02 Å². The topological polar surface area (TPSA) is 82.6 Å². The van der Waals surface area contributed by atoms with Crippen LogP contribution in [0.15, 0.2) is 60.3 Å². The van der Waals surface area contributed by atoms with Gasteiger partial charge >= 0.3 is 0 Å². The maximum Gasteiger partial charge on any atom is 0.295 e. The molecule has 0 radical (unpaired) electrons. The number of aromatic nitrogens is 1. The lowest BCUT2D eigenvalue weighted by Gasteiger charge is -2.24. The molecule has 2 N–H and O–H groups in total. The summed E-state index contributed by atoms with van der Waals surface area (Å²) >= 11 is 5.95. The van der Waals surface area contributed by atoms with Gasteiger partial charge in [-0.2, -0.15) is 0 Å². The molecule has 1 atom stereocenters. The lowest BCUT2D eigenvalue weighted by atomic mass is 9.95. The van der Waals surface area contributed by atoms with E-state index in [1.807, 2.05) is 24.3 Å². The van der Waals surface area contributed by atoms with Crippen LogP contribution in [-0.2, 0) is 14.3 Å². The van der Waals surface area contributed by atoms with Gasteiger partial charge < -0.3 is 19.7 Å². The molecule has 0 aliphatic carbocycles. The number of ketones is 1. The van der Waals surface area contributed by atoms with Crippen molar-refractivity contribution in [2.45, 2.75) is 12.5 Å². The molecule has 2 heterocycles. The Labute approximate surface area is 178 Å². The van der Waals surface area contributed by atoms with Gasteiger partial charge in [-0.05, 0) is 36.8 Å². The second kappa shape index (κ2) is 8.34. The number of aromatic amines is 1. The van der Waals surface area contributed by atoms with E-state index >= 15 is 0 Å². The SMILES string of the molecule is COCCCN1C(=O)C(=O)/C(=C(/O)c2ccc(Cl)cc2)C1c1c[nH]c2ccccc12. The molecule has 3 aromatic rings. The van der Waals surface area contributed by atoms with Crippen LogP contribution >= 0.6 is 11.6 Å². The van der Waals surface area contributed by atoms with Crippen molar-refractivity contribution in [2.75, 3.05) is 20.3 Å². The molecule has 0 saturated carbocycles. The van der Waals surface area contributed by atoms with Crippen molar-refractivity contribution in [3.63, 3.8) is 0 Å². The molecule has 1 aromatic heterocycles. The number of nitrogens with zero attached hydrogens (tertiary/aromatic N) is 1. The van der Waals surface area contributed by atoms with Crippen LogP contribution in [0.5, 0.6) is 0 Å². The largest absolute Gasteiger partial charge is 0.507 e. The molecule has 30 heavy (non-hydrogen) atoms. The van der Waals surface area contributed by atoms with E-state index in [0.717, 1.165) is 16.5 Å². The van der Waals surface area contributed by atoms with Crippen LogP contribution in [-0.4, -0.2) is 46.9 Å². The Hall–Kier alpha value is -3.09. The van der Waals surface area contributed by atoms with Crippen LogP contribution in [0.1, 0.15) is 23.6 Å². The fourth-order valence-electron chi connectivity index (χ4n) is 3.90. The minimum absolute atomic E-state index is 0.0736. The summed E-state index contributed by atoms with van der Waals surface area (Å²) in [6, 6.07) is 13.5. The Morgan fingerprint density at radius 3 is 2.63 bits per heavy atom. The summed E-state index contributed by atoms with van der Waals surface area (Å²) in [5.74, 6) is -1.54. The van der Waals surface area contributed by atoms with Gasteiger partial charge in [-0.15, -0.1) is 0 Å². The van der Waals surface area contributed by atoms with Gasteiger partial charge in [-0.3, -0.25) is 9.59 Å². The third kappa shape index (κ3) is 3.49. The third-order valence-corrected chi connectivity index (χ3v) is 5.57. The van der Waals surface area contributed by atoms with Crippen LogP contribution in [0.4, 0.5) is 0 Å². The lowest BCUT2D eigenvalue weighted by Crippen LogP contribution is -2.31. The molecule has 0 bridgehead atoms. The molecule has 1 fully saturated rings. The first kappa shape index (κ1) is 20.2. The van der Waals surface area contributed by atoms with Gasteiger partial charge in [0.2, 0.25) is 0 Å². The number of rotatable bonds is 6. The zero-order chi connectivity index (χ0) is 21.3. The summed E-state index contributed by atoms with van der Waals surface area (Å²) in [7, 11) is 1.59. The van der Waals surface area contributed by atoms with Crippen LogP contribution < -0.4 is 0 Å². The Bertz CT molecular complexity index is 1130. The zero-order valence-electron chi connectivity index (χ0n) is 16.4. The number of hydrogen-bond acceptors (Lipinski definition) is 4. The second-order valence-electron chi connectivity index (χ2n) is 7.14. The molecule has 1 unspecified atom stereocenters. The lowest BCUT2D eigenvalue weighted by molar-refractivity contribution is -0.140. The predicted octanol–water partition coefficient (Wildman–Crippen LogP) is 4.28. The van der Waals surface area contributed by atoms with Gasteiger partial charge in [-0.25, -0.2) is 0 Å². The Morgan fingerprint density at radius 1 is 1.17 bits per heavy atom. The van der Waals surface area contributed by atoms with Crippen molar-refractivity contribution >= 4 is 40.0 Å². The quantitative estimate of drug-likeness (QED) is 0.268. The van der Waals surface area contributed by atoms with Crippen molar-refractivity contribution in [1.82, 2.24) is 9.88 Å². The van der Waals surface area contributed by atoms with Crippen molar-refractivity contribution in [3.05, 3.63) is 76.5 Å². The highest BCUT2D eigenvalue weighted by Crippen LogP contribution is 2.42. The van der Waals surface area contributed by atoms with Gasteiger partial charge in [0.05, 0.1) is 11.6 Å². The molecular formula is C23H21ClN2O4. The zero-order valence-corrected chi connectivity index (χ0v) is 17.1. The first-order valence-electron chi connectivity index (χ1n) is 9.62. The fourth-order valence-corrected chi connectivity index (χ4v) is 4.02. The Balaban J connectivity index is 1.88. The number of nitrogens with one attached hydrogen (secondary N) is 1. The molecule has 0 spiro atoms. The van der Waals surface area contributed by atoms with E-state index in [4.69, 9.17) is 16.3 Å². The molecular weight excluding hydrogens is 404 g/mol. The number of amides is 1. The normalized spacial score (nSPS) is 18.5. The number of aliphatic hydroxyl groups is 1. The number of methoxy groups -OCH3 is 1. The van der Waals surface area contributed by atoms with Crippen molar-refractivity contribution in [1.29, 1.82) is 0 Å². The summed E-state index contributed by atoms with van der Waals surface area (Å²) in [5.41, 5.74) is 2.16. The average molecular weight is 425 g/mol. The molecule has 154 valence electrons. The standard InChI is InChI=1S/C23H21ClN2O4/c1-30-12-4-11-26-20(17-13-25-18-6-3-2-5-16(17)18)19(22(28)23(26)29)21(27)14-7-9-15(24)10-8-14/h2-3,5-10,13,20,25,27H,4,11-12H2,1H3/b21-19+. The van der Waals surface area contributed by atoms with Crippen LogP contribution in [0.3, 0.4) is 0 Å². The first-order chi connectivity index (χ1) is 14.5. The summed E-state index contributed by atoms with van der Waals surface area (Å²) in [5, 5.41) is 12.4. The first-order valence-corrected chi connectivity index (χ1v) is 10.00. The van der Waals surface area contributed by atoms with Crippen molar-refractivity contribution in [3.8, 4) is 0 Å². The number of likely N-dealkylation sites (tertiary alicyclic amines) is 1. The number of fused-ring (bicyclic) bond motifs is 1. The molecule has 7 heteroatoms. The number of ether oxygens (including phenoxy) is 1. The number of H-pyrrole nitrogens is 1. The maximum absolute atomic E-state index is 13.0. The van der Waals surface area contributed by atoms with E-state index in [9.17, 15) is 14.7 Å². The summed E-state index contributed by atoms with van der Waals surface area (Å²) in [6.07, 6.45) is 2.36. The Morgan fingerprint density at radius 2 is 1.90 bits per heavy atom. The van der Waals surface area contributed by atoms with E-state index in [1.165, 1.54) is 4.90 Å². The third-order valence-electron chi connectivity index (χ3n) is 5.32. The molecule has 1 saturated heterocycles. The maximum atomic E-state index is 13.0. The fraction of sp³-hybridized carbons (Fsp3) is 0.217. The number of halogens is 1. The van der Waals surface area contributed by atoms with E-state index in [-0.39, 0.29) is 11.3 Å². The van der Waals surface area contributed by atoms with Crippen LogP contribution in [0, 0.1) is 0 Å². The number of benzene rings is 2. The highest BCUT2D eigenvalue weighted by Gasteiger charge is 2.46. The summed E-state index contributed by atoms with van der Waals surface area (Å²) < 4.78 is 5.11. The number of hydrogen-bond donors (Lipinski definition) is 2. The predicted molar refractivity (Wildman–Crippen MR) is 115 cm³/mol. The number of carbonyl (C=O) groups is 2. The second-order valence-corrected chi connectivity index (χ2v) is 7.57. The molecule has 2 aromatic carbocycles. The summed E-state index contributed by atoms with van der Waals surface area (Å²) in [4.78, 5) is 30.6. The molecule has 1 amide bonds. The van der Waals surface area contributed by atoms with E-state index in [0.29, 0.717) is 30.2 Å². The monoisotopic (exact) mass is 424 g/mol. The van der Waals surface area contributed by atoms with Gasteiger partial charge in [0, 0.05) is 53.5 Å². The number of carbonyl (C=O) groups excluding carboxylic acids is 2. The average Bonchev–Trinajstić information content (AvgIpc) is 3.28. The summed E-state index contributed by atoms with van der Waals surface area (Å²) in [6.45, 7) is 0.792. The number of para-hydroxylation sites is 1. The minimum atomic E-state index is -0.700. The highest BCUT2D eigenvalue weighted by atomic mass is 35.5. The Kier molecular flexibility index (Phi) is 5.61. The molecule has 1 aliphatic heterocycles. The van der Waals surface area contributed by atoms with E-state index in [1.54, 1.807) is 37.6 Å². The van der Waals surface area contributed by atoms with E-state index < -0.39 is 17.7 Å². The van der Waals surface area contributed by atoms with E-state index in [2.05, 4.69) is 4.98 Å².